The molecule has 0 saturated carbocycles. The van der Waals surface area contributed by atoms with Crippen LogP contribution in [0.2, 0.25) is 5.15 Å². The van der Waals surface area contributed by atoms with Gasteiger partial charge in [-0.05, 0) is 18.2 Å². The Hall–Kier alpha value is -0.980. The molecule has 18 heavy (non-hydrogen) atoms. The normalized spacial score (nSPS) is 10.2. The summed E-state index contributed by atoms with van der Waals surface area (Å²) in [5.74, 6) is 0.0252. The van der Waals surface area contributed by atoms with Gasteiger partial charge in [0.2, 0.25) is 0 Å². The van der Waals surface area contributed by atoms with E-state index < -0.39 is 0 Å². The Labute approximate surface area is 125 Å². The van der Waals surface area contributed by atoms with Gasteiger partial charge < -0.3 is 5.32 Å². The summed E-state index contributed by atoms with van der Waals surface area (Å²) in [6.45, 7) is 0. The van der Waals surface area contributed by atoms with Gasteiger partial charge in [0, 0.05) is 14.5 Å². The van der Waals surface area contributed by atoms with E-state index in [-0.39, 0.29) is 11.1 Å². The molecule has 1 aromatic carbocycles. The third-order valence-electron chi connectivity index (χ3n) is 1.97. The smallest absolute Gasteiger partial charge is 0.256 e. The molecule has 0 aliphatic rings. The van der Waals surface area contributed by atoms with E-state index in [4.69, 9.17) is 11.6 Å². The largest absolute Gasteiger partial charge is 0.305 e. The first-order valence-electron chi connectivity index (χ1n) is 4.79. The van der Waals surface area contributed by atoms with Crippen molar-refractivity contribution in [2.75, 3.05) is 5.32 Å². The van der Waals surface area contributed by atoms with Crippen LogP contribution in [0.25, 0.3) is 0 Å². The van der Waals surface area contributed by atoms with Gasteiger partial charge in [0.15, 0.2) is 5.82 Å². The van der Waals surface area contributed by atoms with Crippen LogP contribution >= 0.6 is 43.5 Å². The summed E-state index contributed by atoms with van der Waals surface area (Å²) in [5, 5.41) is 2.84. The van der Waals surface area contributed by atoms with Crippen LogP contribution in [-0.2, 0) is 0 Å². The Morgan fingerprint density at radius 1 is 1.17 bits per heavy atom. The molecular formula is C11H6Br2ClN3O. The monoisotopic (exact) mass is 389 g/mol. The van der Waals surface area contributed by atoms with Crippen molar-refractivity contribution in [3.63, 3.8) is 0 Å². The molecule has 0 saturated heterocycles. The van der Waals surface area contributed by atoms with Crippen LogP contribution in [0, 0.1) is 0 Å². The van der Waals surface area contributed by atoms with Gasteiger partial charge in [-0.2, -0.15) is 0 Å². The summed E-state index contributed by atoms with van der Waals surface area (Å²) in [4.78, 5) is 19.7. The van der Waals surface area contributed by atoms with Crippen molar-refractivity contribution in [3.05, 3.63) is 50.3 Å². The van der Waals surface area contributed by atoms with E-state index in [1.807, 2.05) is 6.07 Å². The maximum atomic E-state index is 12.0. The van der Waals surface area contributed by atoms with Crippen molar-refractivity contribution >= 4 is 55.2 Å². The molecule has 0 unspecified atom stereocenters. The van der Waals surface area contributed by atoms with Crippen LogP contribution in [-0.4, -0.2) is 15.9 Å². The molecule has 0 atom stereocenters. The number of hydrogen-bond donors (Lipinski definition) is 1. The number of anilines is 1. The fourth-order valence-corrected chi connectivity index (χ4v) is 2.72. The van der Waals surface area contributed by atoms with Gasteiger partial charge in [0.05, 0.1) is 12.4 Å². The summed E-state index contributed by atoms with van der Waals surface area (Å²) in [6.07, 6.45) is 2.82. The maximum Gasteiger partial charge on any atom is 0.256 e. The predicted octanol–water partition coefficient (Wildman–Crippen LogP) is 3.91. The molecule has 0 fully saturated rings. The Morgan fingerprint density at radius 3 is 2.44 bits per heavy atom. The molecule has 1 aromatic heterocycles. The maximum absolute atomic E-state index is 12.0. The number of nitrogens with one attached hydrogen (secondary N) is 1. The number of rotatable bonds is 2. The van der Waals surface area contributed by atoms with Crippen molar-refractivity contribution in [2.24, 2.45) is 0 Å². The number of carbonyl (C=O) groups excluding carboxylic acids is 1. The lowest BCUT2D eigenvalue weighted by molar-refractivity contribution is 0.102. The number of hydrogen-bond acceptors (Lipinski definition) is 3. The molecule has 1 N–H and O–H groups in total. The van der Waals surface area contributed by atoms with Gasteiger partial charge in [0.1, 0.15) is 5.15 Å². The topological polar surface area (TPSA) is 54.9 Å². The summed E-state index contributed by atoms with van der Waals surface area (Å²) < 4.78 is 1.61. The first kappa shape index (κ1) is 13.5. The van der Waals surface area contributed by atoms with E-state index in [0.29, 0.717) is 11.4 Å². The minimum atomic E-state index is -0.284. The number of carbonyl (C=O) groups is 1. The molecule has 0 aliphatic carbocycles. The molecule has 1 heterocycles. The Balaban J connectivity index is 2.22. The Kier molecular flexibility index (Phi) is 4.31. The van der Waals surface area contributed by atoms with Crippen molar-refractivity contribution in [3.8, 4) is 0 Å². The minimum Gasteiger partial charge on any atom is -0.305 e. The van der Waals surface area contributed by atoms with Crippen LogP contribution in [0.15, 0.2) is 39.5 Å². The van der Waals surface area contributed by atoms with Crippen molar-refractivity contribution < 1.29 is 4.79 Å². The highest BCUT2D eigenvalue weighted by Gasteiger charge is 2.09. The molecular weight excluding hydrogens is 385 g/mol. The highest BCUT2D eigenvalue weighted by atomic mass is 79.9. The van der Waals surface area contributed by atoms with Crippen LogP contribution in [0.5, 0.6) is 0 Å². The number of nitrogens with zero attached hydrogens (tertiary/aromatic N) is 2. The van der Waals surface area contributed by atoms with Crippen molar-refractivity contribution in [1.29, 1.82) is 0 Å². The number of benzene rings is 1. The predicted molar refractivity (Wildman–Crippen MR) is 76.8 cm³/mol. The Morgan fingerprint density at radius 2 is 1.83 bits per heavy atom. The zero-order valence-electron chi connectivity index (χ0n) is 8.82. The standard InChI is InChI=1S/C11H6Br2ClN3O/c12-7-1-6(2-8(13)3-7)11(18)17-10-5-15-4-9(14)16-10/h1-5H,(H,16,17,18). The molecule has 1 amide bonds. The van der Waals surface area contributed by atoms with Crippen LogP contribution in [0.3, 0.4) is 0 Å². The highest BCUT2D eigenvalue weighted by molar-refractivity contribution is 9.11. The van der Waals surface area contributed by atoms with Crippen molar-refractivity contribution in [1.82, 2.24) is 9.97 Å². The second-order valence-electron chi connectivity index (χ2n) is 3.34. The van der Waals surface area contributed by atoms with Gasteiger partial charge in [-0.1, -0.05) is 43.5 Å². The van der Waals surface area contributed by atoms with Gasteiger partial charge in [-0.3, -0.25) is 9.78 Å². The summed E-state index contributed by atoms with van der Waals surface area (Å²) in [7, 11) is 0. The summed E-state index contributed by atoms with van der Waals surface area (Å²) in [5.41, 5.74) is 0.498. The Bertz CT molecular complexity index is 586. The fourth-order valence-electron chi connectivity index (χ4n) is 1.28. The van der Waals surface area contributed by atoms with Gasteiger partial charge >= 0.3 is 0 Å². The summed E-state index contributed by atoms with van der Waals surface area (Å²) >= 11 is 12.3. The lowest BCUT2D eigenvalue weighted by Gasteiger charge is -2.05. The van der Waals surface area contributed by atoms with E-state index in [1.54, 1.807) is 12.1 Å². The molecule has 2 aromatic rings. The van der Waals surface area contributed by atoms with Crippen LogP contribution in [0.1, 0.15) is 10.4 Å². The van der Waals surface area contributed by atoms with E-state index >= 15 is 0 Å². The van der Waals surface area contributed by atoms with E-state index in [2.05, 4.69) is 47.1 Å². The lowest BCUT2D eigenvalue weighted by Crippen LogP contribution is -2.13. The first-order valence-corrected chi connectivity index (χ1v) is 6.76. The molecule has 0 aliphatic heterocycles. The molecule has 0 bridgehead atoms. The van der Waals surface area contributed by atoms with Crippen LogP contribution < -0.4 is 5.32 Å². The molecule has 0 spiro atoms. The van der Waals surface area contributed by atoms with E-state index in [1.165, 1.54) is 12.4 Å². The molecule has 0 radical (unpaired) electrons. The molecule has 4 nitrogen and oxygen atoms in total. The average Bonchev–Trinajstić information content (AvgIpc) is 2.27. The number of amides is 1. The lowest BCUT2D eigenvalue weighted by atomic mass is 10.2. The van der Waals surface area contributed by atoms with E-state index in [9.17, 15) is 4.79 Å². The molecule has 2 rings (SSSR count). The quantitative estimate of drug-likeness (QED) is 0.845. The second kappa shape index (κ2) is 5.77. The van der Waals surface area contributed by atoms with E-state index in [0.717, 1.165) is 8.95 Å². The zero-order valence-corrected chi connectivity index (χ0v) is 12.8. The van der Waals surface area contributed by atoms with Crippen molar-refractivity contribution in [2.45, 2.75) is 0 Å². The average molecular weight is 391 g/mol. The molecule has 92 valence electrons. The third-order valence-corrected chi connectivity index (χ3v) is 3.07. The second-order valence-corrected chi connectivity index (χ2v) is 5.56. The highest BCUT2D eigenvalue weighted by Crippen LogP contribution is 2.20. The summed E-state index contributed by atoms with van der Waals surface area (Å²) in [6, 6.07) is 5.26. The number of halogens is 3. The fraction of sp³-hybridized carbons (Fsp3) is 0. The van der Waals surface area contributed by atoms with Gasteiger partial charge in [0.25, 0.3) is 5.91 Å². The zero-order chi connectivity index (χ0) is 13.1. The van der Waals surface area contributed by atoms with Crippen LogP contribution in [0.4, 0.5) is 5.82 Å². The first-order chi connectivity index (χ1) is 8.54. The third kappa shape index (κ3) is 3.51. The molecule has 7 heteroatoms. The van der Waals surface area contributed by atoms with Gasteiger partial charge in [-0.15, -0.1) is 0 Å². The SMILES string of the molecule is O=C(Nc1cncc(Cl)n1)c1cc(Br)cc(Br)c1. The van der Waals surface area contributed by atoms with Gasteiger partial charge in [-0.25, -0.2) is 4.98 Å². The number of aromatic nitrogens is 2. The minimum absolute atomic E-state index is 0.225.